The second kappa shape index (κ2) is 4.54. The third kappa shape index (κ3) is 2.14. The Bertz CT molecular complexity index is 684. The molecule has 3 N–H and O–H groups in total. The van der Waals surface area contributed by atoms with E-state index in [-0.39, 0.29) is 21.4 Å². The van der Waals surface area contributed by atoms with Gasteiger partial charge in [-0.15, -0.1) is 0 Å². The van der Waals surface area contributed by atoms with Crippen molar-refractivity contribution in [2.24, 2.45) is 7.05 Å². The van der Waals surface area contributed by atoms with Gasteiger partial charge in [0.15, 0.2) is 23.0 Å². The smallest absolute Gasteiger partial charge is 0.356 e. The molecule has 0 saturated carbocycles. The van der Waals surface area contributed by atoms with Gasteiger partial charge in [0.1, 0.15) is 0 Å². The quantitative estimate of drug-likeness (QED) is 0.733. The van der Waals surface area contributed by atoms with Crippen LogP contribution in [0.15, 0.2) is 16.6 Å². The first kappa shape index (κ1) is 13.3. The first-order chi connectivity index (χ1) is 8.82. The minimum Gasteiger partial charge on any atom is -0.504 e. The zero-order valence-electron chi connectivity index (χ0n) is 9.55. The molecule has 0 aliphatic carbocycles. The second-order valence-electron chi connectivity index (χ2n) is 3.76. The van der Waals surface area contributed by atoms with Gasteiger partial charge >= 0.3 is 5.97 Å². The lowest BCUT2D eigenvalue weighted by Crippen LogP contribution is -2.00. The molecule has 2 aromatic rings. The fourth-order valence-electron chi connectivity index (χ4n) is 1.64. The summed E-state index contributed by atoms with van der Waals surface area (Å²) < 4.78 is 15.3. The summed E-state index contributed by atoms with van der Waals surface area (Å²) in [4.78, 5) is 10.8. The molecule has 0 radical (unpaired) electrons. The first-order valence-electron chi connectivity index (χ1n) is 5.00. The van der Waals surface area contributed by atoms with E-state index < -0.39 is 23.3 Å². The number of aromatic carboxylic acids is 1. The van der Waals surface area contributed by atoms with Gasteiger partial charge in [0.2, 0.25) is 0 Å². The molecule has 6 nitrogen and oxygen atoms in total. The summed E-state index contributed by atoms with van der Waals surface area (Å²) in [7, 11) is 1.44. The van der Waals surface area contributed by atoms with Gasteiger partial charge in [0.25, 0.3) is 0 Å². The standard InChI is InChI=1S/C11H8BrFN2O4/c1-15-6(3-5(14-15)11(18)19)8-4(12)2-7(16)10(17)9(8)13/h2-3,16-17H,1H3,(H,18,19). The number of rotatable bonds is 2. The van der Waals surface area contributed by atoms with E-state index in [0.717, 1.165) is 6.07 Å². The van der Waals surface area contributed by atoms with Gasteiger partial charge in [-0.25, -0.2) is 9.18 Å². The molecule has 0 amide bonds. The van der Waals surface area contributed by atoms with Crippen LogP contribution in [0.1, 0.15) is 10.5 Å². The number of hydrogen-bond donors (Lipinski definition) is 3. The number of aromatic hydroxyl groups is 2. The molecule has 100 valence electrons. The lowest BCUT2D eigenvalue weighted by atomic mass is 10.1. The van der Waals surface area contributed by atoms with Gasteiger partial charge in [-0.3, -0.25) is 4.68 Å². The van der Waals surface area contributed by atoms with Gasteiger partial charge in [-0.05, 0) is 28.1 Å². The van der Waals surface area contributed by atoms with Crippen molar-refractivity contribution >= 4 is 21.9 Å². The van der Waals surface area contributed by atoms with E-state index >= 15 is 0 Å². The second-order valence-corrected chi connectivity index (χ2v) is 4.61. The van der Waals surface area contributed by atoms with E-state index in [1.54, 1.807) is 0 Å². The molecule has 2 rings (SSSR count). The summed E-state index contributed by atoms with van der Waals surface area (Å²) in [5.74, 6) is -3.83. The van der Waals surface area contributed by atoms with Crippen LogP contribution in [0.4, 0.5) is 4.39 Å². The largest absolute Gasteiger partial charge is 0.504 e. The lowest BCUT2D eigenvalue weighted by Gasteiger charge is -2.09. The van der Waals surface area contributed by atoms with Crippen LogP contribution < -0.4 is 0 Å². The summed E-state index contributed by atoms with van der Waals surface area (Å²) in [5.41, 5.74) is -0.189. The van der Waals surface area contributed by atoms with Crippen LogP contribution in [0.5, 0.6) is 11.5 Å². The Kier molecular flexibility index (Phi) is 3.19. The maximum Gasteiger partial charge on any atom is 0.356 e. The number of benzene rings is 1. The first-order valence-corrected chi connectivity index (χ1v) is 5.80. The predicted molar refractivity (Wildman–Crippen MR) is 66.6 cm³/mol. The van der Waals surface area contributed by atoms with E-state index in [1.165, 1.54) is 17.8 Å². The highest BCUT2D eigenvalue weighted by Crippen LogP contribution is 2.40. The summed E-state index contributed by atoms with van der Waals surface area (Å²) in [6.45, 7) is 0. The maximum atomic E-state index is 14.0. The third-order valence-corrected chi connectivity index (χ3v) is 3.15. The Morgan fingerprint density at radius 3 is 2.58 bits per heavy atom. The number of carboxylic acids is 1. The average Bonchev–Trinajstić information content (AvgIpc) is 2.69. The van der Waals surface area contributed by atoms with Crippen LogP contribution in [0.2, 0.25) is 0 Å². The molecule has 19 heavy (non-hydrogen) atoms. The summed E-state index contributed by atoms with van der Waals surface area (Å²) in [5, 5.41) is 31.2. The number of carboxylic acid groups (broad SMARTS) is 1. The zero-order valence-corrected chi connectivity index (χ0v) is 11.1. The molecule has 1 heterocycles. The molecule has 0 bridgehead atoms. The van der Waals surface area contributed by atoms with Crippen molar-refractivity contribution in [2.45, 2.75) is 0 Å². The number of carbonyl (C=O) groups is 1. The van der Waals surface area contributed by atoms with Crippen LogP contribution in [0, 0.1) is 5.82 Å². The van der Waals surface area contributed by atoms with Gasteiger partial charge < -0.3 is 15.3 Å². The highest BCUT2D eigenvalue weighted by molar-refractivity contribution is 9.10. The summed E-state index contributed by atoms with van der Waals surface area (Å²) >= 11 is 3.05. The lowest BCUT2D eigenvalue weighted by molar-refractivity contribution is 0.0689. The fourth-order valence-corrected chi connectivity index (χ4v) is 2.23. The van der Waals surface area contributed by atoms with E-state index in [1.807, 2.05) is 0 Å². The van der Waals surface area contributed by atoms with Crippen LogP contribution in [-0.4, -0.2) is 31.1 Å². The molecular formula is C11H8BrFN2O4. The van der Waals surface area contributed by atoms with Crippen molar-refractivity contribution < 1.29 is 24.5 Å². The van der Waals surface area contributed by atoms with Gasteiger partial charge in [-0.1, -0.05) is 0 Å². The van der Waals surface area contributed by atoms with E-state index in [2.05, 4.69) is 21.0 Å². The monoisotopic (exact) mass is 330 g/mol. The minimum absolute atomic E-state index is 0.0854. The number of phenolic OH excluding ortho intramolecular Hbond substituents is 2. The SMILES string of the molecule is Cn1nc(C(=O)O)cc1-c1c(Br)cc(O)c(O)c1F. The Labute approximate surface area is 114 Å². The van der Waals surface area contributed by atoms with Crippen molar-refractivity contribution in [3.8, 4) is 22.8 Å². The maximum absolute atomic E-state index is 14.0. The van der Waals surface area contributed by atoms with Crippen molar-refractivity contribution in [3.05, 3.63) is 28.1 Å². The van der Waals surface area contributed by atoms with Gasteiger partial charge in [0.05, 0.1) is 11.3 Å². The van der Waals surface area contributed by atoms with Crippen molar-refractivity contribution in [1.82, 2.24) is 9.78 Å². The number of aryl methyl sites for hydroxylation is 1. The van der Waals surface area contributed by atoms with Crippen molar-refractivity contribution in [1.29, 1.82) is 0 Å². The average molecular weight is 331 g/mol. The minimum atomic E-state index is -1.25. The fraction of sp³-hybridized carbons (Fsp3) is 0.0909. The Balaban J connectivity index is 2.72. The van der Waals surface area contributed by atoms with Gasteiger partial charge in [-0.2, -0.15) is 5.10 Å². The number of hydrogen-bond acceptors (Lipinski definition) is 4. The molecular weight excluding hydrogens is 323 g/mol. The normalized spacial score (nSPS) is 10.7. The number of phenols is 2. The summed E-state index contributed by atoms with van der Waals surface area (Å²) in [6, 6.07) is 2.28. The number of nitrogens with zero attached hydrogens (tertiary/aromatic N) is 2. The Morgan fingerprint density at radius 1 is 1.42 bits per heavy atom. The Hall–Kier alpha value is -2.09. The molecule has 8 heteroatoms. The van der Waals surface area contributed by atoms with Crippen LogP contribution in [-0.2, 0) is 7.05 Å². The molecule has 0 aliphatic heterocycles. The Morgan fingerprint density at radius 2 is 2.05 bits per heavy atom. The van der Waals surface area contributed by atoms with Crippen LogP contribution >= 0.6 is 15.9 Å². The molecule has 0 fully saturated rings. The third-order valence-electron chi connectivity index (χ3n) is 2.53. The zero-order chi connectivity index (χ0) is 14.3. The molecule has 0 aliphatic rings. The summed E-state index contributed by atoms with van der Waals surface area (Å²) in [6.07, 6.45) is 0. The molecule has 0 spiro atoms. The number of aromatic nitrogens is 2. The van der Waals surface area contributed by atoms with Gasteiger partial charge in [0, 0.05) is 11.5 Å². The molecule has 1 aromatic heterocycles. The highest BCUT2D eigenvalue weighted by atomic mass is 79.9. The van der Waals surface area contributed by atoms with Crippen LogP contribution in [0.3, 0.4) is 0 Å². The van der Waals surface area contributed by atoms with Crippen molar-refractivity contribution in [2.75, 3.05) is 0 Å². The molecule has 0 unspecified atom stereocenters. The molecule has 0 atom stereocenters. The topological polar surface area (TPSA) is 95.6 Å². The van der Waals surface area contributed by atoms with Crippen LogP contribution in [0.25, 0.3) is 11.3 Å². The predicted octanol–water partition coefficient (Wildman–Crippen LogP) is 2.10. The molecule has 0 saturated heterocycles. The van der Waals surface area contributed by atoms with E-state index in [9.17, 15) is 19.4 Å². The van der Waals surface area contributed by atoms with E-state index in [4.69, 9.17) is 5.11 Å². The van der Waals surface area contributed by atoms with Crippen molar-refractivity contribution in [3.63, 3.8) is 0 Å². The highest BCUT2D eigenvalue weighted by Gasteiger charge is 2.22. The van der Waals surface area contributed by atoms with E-state index in [0.29, 0.717) is 0 Å². The number of halogens is 2. The molecule has 1 aromatic carbocycles.